The third kappa shape index (κ3) is 4.64. The van der Waals surface area contributed by atoms with Gasteiger partial charge in [0.1, 0.15) is 0 Å². The molecule has 0 aliphatic carbocycles. The molecule has 5 nitrogen and oxygen atoms in total. The van der Waals surface area contributed by atoms with Crippen LogP contribution in [0.15, 0.2) is 40.8 Å². The second kappa shape index (κ2) is 7.17. The van der Waals surface area contributed by atoms with E-state index in [1.54, 1.807) is 24.3 Å². The maximum Gasteiger partial charge on any atom is 0.240 e. The van der Waals surface area contributed by atoms with Gasteiger partial charge in [-0.15, -0.1) is 0 Å². The molecule has 0 amide bonds. The van der Waals surface area contributed by atoms with Crippen LogP contribution in [0.5, 0.6) is 0 Å². The van der Waals surface area contributed by atoms with Gasteiger partial charge in [0.25, 0.3) is 0 Å². The summed E-state index contributed by atoms with van der Waals surface area (Å²) < 4.78 is 37.5. The van der Waals surface area contributed by atoms with Crippen LogP contribution in [0.25, 0.3) is 0 Å². The van der Waals surface area contributed by atoms with Crippen molar-refractivity contribution < 1.29 is 17.9 Å². The van der Waals surface area contributed by atoms with Crippen LogP contribution in [0.2, 0.25) is 0 Å². The van der Waals surface area contributed by atoms with Crippen molar-refractivity contribution in [1.82, 2.24) is 4.72 Å². The summed E-state index contributed by atoms with van der Waals surface area (Å²) in [5.41, 5.74) is 2.08. The molecule has 1 aliphatic heterocycles. The van der Waals surface area contributed by atoms with E-state index in [9.17, 15) is 8.42 Å². The van der Waals surface area contributed by atoms with Crippen molar-refractivity contribution in [3.8, 4) is 0 Å². The zero-order chi connectivity index (χ0) is 15.3. The number of hydrogen-bond acceptors (Lipinski definition) is 4. The number of benzene rings is 1. The zero-order valence-corrected chi connectivity index (χ0v) is 13.2. The zero-order valence-electron chi connectivity index (χ0n) is 12.3. The molecule has 1 unspecified atom stereocenters. The minimum Gasteiger partial charge on any atom is -0.353 e. The van der Waals surface area contributed by atoms with E-state index in [4.69, 9.17) is 9.47 Å². The Kier molecular flexibility index (Phi) is 5.52. The summed E-state index contributed by atoms with van der Waals surface area (Å²) in [7, 11) is -3.46. The first-order chi connectivity index (χ1) is 10.0. The lowest BCUT2D eigenvalue weighted by Crippen LogP contribution is -2.24. The fraction of sp³-hybridized carbons (Fsp3) is 0.467. The molecular formula is C15H21NO4S. The van der Waals surface area contributed by atoms with Crippen molar-refractivity contribution >= 4 is 10.0 Å². The fourth-order valence-electron chi connectivity index (χ4n) is 2.06. The van der Waals surface area contributed by atoms with Crippen LogP contribution >= 0.6 is 0 Å². The lowest BCUT2D eigenvalue weighted by Gasteiger charge is -2.07. The average Bonchev–Trinajstić information content (AvgIpc) is 2.87. The lowest BCUT2D eigenvalue weighted by atomic mass is 10.2. The Bertz CT molecular complexity index is 593. The van der Waals surface area contributed by atoms with Crippen LogP contribution in [0.3, 0.4) is 0 Å². The molecule has 0 aromatic heterocycles. The first-order valence-electron chi connectivity index (χ1n) is 6.98. The molecule has 1 fully saturated rings. The van der Waals surface area contributed by atoms with Gasteiger partial charge in [0.2, 0.25) is 10.0 Å². The van der Waals surface area contributed by atoms with E-state index < -0.39 is 10.0 Å². The first kappa shape index (κ1) is 16.2. The second-order valence-electron chi connectivity index (χ2n) is 4.93. The molecule has 1 saturated heterocycles. The van der Waals surface area contributed by atoms with E-state index in [0.717, 1.165) is 11.1 Å². The molecule has 0 bridgehead atoms. The Morgan fingerprint density at radius 1 is 1.38 bits per heavy atom. The number of aryl methyl sites for hydroxylation is 1. The van der Waals surface area contributed by atoms with Gasteiger partial charge in [-0.3, -0.25) is 0 Å². The Morgan fingerprint density at radius 2 is 2.10 bits per heavy atom. The van der Waals surface area contributed by atoms with Crippen LogP contribution in [-0.4, -0.2) is 34.5 Å². The predicted molar refractivity (Wildman–Crippen MR) is 80.4 cm³/mol. The van der Waals surface area contributed by atoms with Crippen molar-refractivity contribution in [2.45, 2.75) is 31.5 Å². The number of nitrogens with one attached hydrogen (secondary N) is 1. The number of hydrogen-bond donors (Lipinski definition) is 1. The van der Waals surface area contributed by atoms with E-state index in [1.807, 2.05) is 19.9 Å². The van der Waals surface area contributed by atoms with Gasteiger partial charge in [0, 0.05) is 19.6 Å². The summed E-state index contributed by atoms with van der Waals surface area (Å²) in [6, 6.07) is 6.78. The predicted octanol–water partition coefficient (Wildman–Crippen LogP) is 1.98. The summed E-state index contributed by atoms with van der Waals surface area (Å²) >= 11 is 0. The van der Waals surface area contributed by atoms with Crippen LogP contribution in [0, 0.1) is 6.92 Å². The maximum absolute atomic E-state index is 12.1. The van der Waals surface area contributed by atoms with Crippen LogP contribution < -0.4 is 4.72 Å². The monoisotopic (exact) mass is 311 g/mol. The molecule has 1 aromatic carbocycles. The van der Waals surface area contributed by atoms with Gasteiger partial charge in [-0.05, 0) is 31.6 Å². The van der Waals surface area contributed by atoms with Gasteiger partial charge >= 0.3 is 0 Å². The maximum atomic E-state index is 12.1. The smallest absolute Gasteiger partial charge is 0.240 e. The van der Waals surface area contributed by atoms with E-state index in [-0.39, 0.29) is 17.7 Å². The third-order valence-electron chi connectivity index (χ3n) is 3.23. The molecule has 0 spiro atoms. The van der Waals surface area contributed by atoms with E-state index >= 15 is 0 Å². The van der Waals surface area contributed by atoms with Gasteiger partial charge in [0.05, 0.1) is 11.5 Å². The molecule has 1 atom stereocenters. The Balaban J connectivity index is 1.89. The highest BCUT2D eigenvalue weighted by molar-refractivity contribution is 7.89. The minimum atomic E-state index is -3.46. The van der Waals surface area contributed by atoms with Gasteiger partial charge in [-0.1, -0.05) is 23.8 Å². The fourth-order valence-corrected chi connectivity index (χ4v) is 3.03. The topological polar surface area (TPSA) is 64.6 Å². The largest absolute Gasteiger partial charge is 0.353 e. The van der Waals surface area contributed by atoms with Gasteiger partial charge < -0.3 is 9.47 Å². The molecular weight excluding hydrogens is 290 g/mol. The third-order valence-corrected chi connectivity index (χ3v) is 4.67. The summed E-state index contributed by atoms with van der Waals surface area (Å²) in [5, 5.41) is 0. The normalized spacial score (nSPS) is 21.0. The second-order valence-corrected chi connectivity index (χ2v) is 6.69. The number of rotatable bonds is 6. The molecule has 1 aliphatic rings. The first-order valence-corrected chi connectivity index (χ1v) is 8.47. The highest BCUT2D eigenvalue weighted by Gasteiger charge is 2.20. The Morgan fingerprint density at radius 3 is 2.76 bits per heavy atom. The van der Waals surface area contributed by atoms with E-state index in [2.05, 4.69) is 4.72 Å². The molecule has 116 valence electrons. The molecule has 1 aromatic rings. The number of sulfonamides is 1. The minimum absolute atomic E-state index is 0.199. The molecule has 6 heteroatoms. The molecule has 0 saturated carbocycles. The standard InChI is InChI=1S/C15H21NO4S/c1-3-19-15-10-13(11-20-15)8-9-16-21(17,18)14-6-4-12(2)5-7-14/h4-8,15-16H,3,9-11H2,1-2H3/b13-8-. The lowest BCUT2D eigenvalue weighted by molar-refractivity contribution is -0.106. The van der Waals surface area contributed by atoms with Crippen molar-refractivity contribution in [3.63, 3.8) is 0 Å². The van der Waals surface area contributed by atoms with Crippen LogP contribution in [0.1, 0.15) is 18.9 Å². The van der Waals surface area contributed by atoms with Crippen molar-refractivity contribution in [3.05, 3.63) is 41.5 Å². The van der Waals surface area contributed by atoms with Gasteiger partial charge in [0.15, 0.2) is 6.29 Å². The molecule has 21 heavy (non-hydrogen) atoms. The highest BCUT2D eigenvalue weighted by atomic mass is 32.2. The molecule has 2 rings (SSSR count). The summed E-state index contributed by atoms with van der Waals surface area (Å²) in [5.74, 6) is 0. The van der Waals surface area contributed by atoms with Gasteiger partial charge in [-0.2, -0.15) is 0 Å². The molecule has 1 N–H and O–H groups in total. The highest BCUT2D eigenvalue weighted by Crippen LogP contribution is 2.19. The van der Waals surface area contributed by atoms with Crippen molar-refractivity contribution in [1.29, 1.82) is 0 Å². The molecule has 0 radical (unpaired) electrons. The Hall–Kier alpha value is -1.21. The van der Waals surface area contributed by atoms with Crippen LogP contribution in [-0.2, 0) is 19.5 Å². The average molecular weight is 311 g/mol. The van der Waals surface area contributed by atoms with Crippen molar-refractivity contribution in [2.24, 2.45) is 0 Å². The number of ether oxygens (including phenoxy) is 2. The summed E-state index contributed by atoms with van der Waals surface area (Å²) in [4.78, 5) is 0.279. The SMILES string of the molecule is CCOC1C/C(=C/CNS(=O)(=O)c2ccc(C)cc2)CO1. The summed E-state index contributed by atoms with van der Waals surface area (Å²) in [6.07, 6.45) is 2.35. The Labute approximate surface area is 126 Å². The summed E-state index contributed by atoms with van der Waals surface area (Å²) in [6.45, 7) is 5.20. The van der Waals surface area contributed by atoms with Crippen LogP contribution in [0.4, 0.5) is 0 Å². The quantitative estimate of drug-likeness (QED) is 0.816. The molecule has 1 heterocycles. The van der Waals surface area contributed by atoms with Crippen molar-refractivity contribution in [2.75, 3.05) is 19.8 Å². The van der Waals surface area contributed by atoms with Gasteiger partial charge in [-0.25, -0.2) is 13.1 Å². The van der Waals surface area contributed by atoms with E-state index in [0.29, 0.717) is 19.6 Å². The van der Waals surface area contributed by atoms with E-state index in [1.165, 1.54) is 0 Å².